The Hall–Kier alpha value is -1.36. The quantitative estimate of drug-likeness (QED) is 0.718. The molecule has 17 heavy (non-hydrogen) atoms. The zero-order chi connectivity index (χ0) is 12.7. The van der Waals surface area contributed by atoms with Crippen molar-refractivity contribution in [2.45, 2.75) is 32.7 Å². The fourth-order valence-corrected chi connectivity index (χ4v) is 1.61. The first kappa shape index (κ1) is 13.7. The van der Waals surface area contributed by atoms with Crippen LogP contribution in [0.15, 0.2) is 12.4 Å². The third kappa shape index (κ3) is 4.99. The molecule has 0 aliphatic rings. The third-order valence-corrected chi connectivity index (χ3v) is 2.54. The van der Waals surface area contributed by atoms with Crippen molar-refractivity contribution in [1.29, 1.82) is 0 Å². The molecule has 1 rings (SSSR count). The van der Waals surface area contributed by atoms with Crippen molar-refractivity contribution in [2.75, 3.05) is 13.2 Å². The molecule has 0 spiro atoms. The van der Waals surface area contributed by atoms with E-state index >= 15 is 0 Å². The minimum absolute atomic E-state index is 0.134. The van der Waals surface area contributed by atoms with Crippen molar-refractivity contribution in [3.05, 3.63) is 18.2 Å². The van der Waals surface area contributed by atoms with Crippen LogP contribution < -0.4 is 5.32 Å². The Balaban J connectivity index is 2.18. The van der Waals surface area contributed by atoms with Gasteiger partial charge in [-0.15, -0.1) is 0 Å². The van der Waals surface area contributed by atoms with Crippen LogP contribution in [0.4, 0.5) is 0 Å². The summed E-state index contributed by atoms with van der Waals surface area (Å²) in [6.45, 7) is 5.05. The summed E-state index contributed by atoms with van der Waals surface area (Å²) in [6, 6.07) is 0.134. The van der Waals surface area contributed by atoms with Crippen LogP contribution >= 0.6 is 0 Å². The van der Waals surface area contributed by atoms with Gasteiger partial charge >= 0.3 is 5.97 Å². The number of nitrogens with zero attached hydrogens (tertiary/aromatic N) is 2. The van der Waals surface area contributed by atoms with Gasteiger partial charge in [0, 0.05) is 38.4 Å². The van der Waals surface area contributed by atoms with Gasteiger partial charge in [-0.2, -0.15) is 0 Å². The van der Waals surface area contributed by atoms with Crippen LogP contribution in [0.1, 0.15) is 26.1 Å². The first-order valence-corrected chi connectivity index (χ1v) is 5.98. The SMILES string of the molecule is CCOC(=O)CC(C)NCCc1nccn1C. The summed E-state index contributed by atoms with van der Waals surface area (Å²) in [4.78, 5) is 15.5. The molecule has 0 aliphatic heterocycles. The Morgan fingerprint density at radius 3 is 3.00 bits per heavy atom. The predicted molar refractivity (Wildman–Crippen MR) is 65.6 cm³/mol. The second kappa shape index (κ2) is 7.06. The zero-order valence-corrected chi connectivity index (χ0v) is 10.8. The van der Waals surface area contributed by atoms with Gasteiger partial charge in [0.2, 0.25) is 0 Å². The lowest BCUT2D eigenvalue weighted by Gasteiger charge is -2.12. The third-order valence-electron chi connectivity index (χ3n) is 2.54. The normalized spacial score (nSPS) is 12.4. The molecule has 0 radical (unpaired) electrons. The van der Waals surface area contributed by atoms with E-state index in [9.17, 15) is 4.79 Å². The molecule has 0 saturated heterocycles. The highest BCUT2D eigenvalue weighted by Gasteiger charge is 2.09. The van der Waals surface area contributed by atoms with Gasteiger partial charge in [0.15, 0.2) is 0 Å². The van der Waals surface area contributed by atoms with Crippen LogP contribution in [0.5, 0.6) is 0 Å². The minimum Gasteiger partial charge on any atom is -0.466 e. The average Bonchev–Trinajstić information content (AvgIpc) is 2.64. The smallest absolute Gasteiger partial charge is 0.307 e. The molecule has 0 amide bonds. The number of carbonyl (C=O) groups is 1. The molecule has 0 aliphatic carbocycles. The molecule has 1 unspecified atom stereocenters. The summed E-state index contributed by atoms with van der Waals surface area (Å²) < 4.78 is 6.89. The van der Waals surface area contributed by atoms with E-state index in [2.05, 4.69) is 10.3 Å². The maximum Gasteiger partial charge on any atom is 0.307 e. The molecule has 5 heteroatoms. The summed E-state index contributed by atoms with van der Waals surface area (Å²) in [5, 5.41) is 3.28. The number of esters is 1. The fourth-order valence-electron chi connectivity index (χ4n) is 1.61. The van der Waals surface area contributed by atoms with Gasteiger partial charge < -0.3 is 14.6 Å². The predicted octanol–water partition coefficient (Wildman–Crippen LogP) is 0.894. The van der Waals surface area contributed by atoms with Crippen LogP contribution in [0.25, 0.3) is 0 Å². The summed E-state index contributed by atoms with van der Waals surface area (Å²) in [5.41, 5.74) is 0. The second-order valence-corrected chi connectivity index (χ2v) is 4.07. The topological polar surface area (TPSA) is 56.1 Å². The van der Waals surface area contributed by atoms with Crippen molar-refractivity contribution >= 4 is 5.97 Å². The van der Waals surface area contributed by atoms with Gasteiger partial charge in [-0.3, -0.25) is 4.79 Å². The van der Waals surface area contributed by atoms with Crippen LogP contribution in [0.2, 0.25) is 0 Å². The van der Waals surface area contributed by atoms with E-state index in [0.29, 0.717) is 13.0 Å². The number of ether oxygens (including phenoxy) is 1. The van der Waals surface area contributed by atoms with E-state index in [1.807, 2.05) is 31.7 Å². The molecule has 1 N–H and O–H groups in total. The first-order chi connectivity index (χ1) is 8.13. The molecule has 1 atom stereocenters. The molecule has 96 valence electrons. The zero-order valence-electron chi connectivity index (χ0n) is 10.8. The lowest BCUT2D eigenvalue weighted by molar-refractivity contribution is -0.143. The Morgan fingerprint density at radius 2 is 2.41 bits per heavy atom. The lowest BCUT2D eigenvalue weighted by Crippen LogP contribution is -2.31. The van der Waals surface area contributed by atoms with Gasteiger partial charge in [-0.25, -0.2) is 4.98 Å². The van der Waals surface area contributed by atoms with Crippen molar-refractivity contribution in [3.8, 4) is 0 Å². The Labute approximate surface area is 102 Å². The Bertz CT molecular complexity index is 349. The summed E-state index contributed by atoms with van der Waals surface area (Å²) in [7, 11) is 1.98. The van der Waals surface area contributed by atoms with E-state index in [1.54, 1.807) is 6.20 Å². The monoisotopic (exact) mass is 239 g/mol. The maximum atomic E-state index is 11.2. The van der Waals surface area contributed by atoms with Crippen molar-refractivity contribution in [2.24, 2.45) is 7.05 Å². The number of carbonyl (C=O) groups excluding carboxylic acids is 1. The van der Waals surface area contributed by atoms with E-state index in [0.717, 1.165) is 18.8 Å². The molecule has 1 aromatic heterocycles. The molecular formula is C12H21N3O2. The van der Waals surface area contributed by atoms with E-state index in [4.69, 9.17) is 4.74 Å². The Kier molecular flexibility index (Phi) is 5.69. The highest BCUT2D eigenvalue weighted by atomic mass is 16.5. The van der Waals surface area contributed by atoms with Crippen molar-refractivity contribution < 1.29 is 9.53 Å². The summed E-state index contributed by atoms with van der Waals surface area (Å²) >= 11 is 0. The minimum atomic E-state index is -0.149. The standard InChI is InChI=1S/C12H21N3O2/c1-4-17-12(16)9-10(2)13-6-5-11-14-7-8-15(11)3/h7-8,10,13H,4-6,9H2,1-3H3. The number of aryl methyl sites for hydroxylation is 1. The molecule has 5 nitrogen and oxygen atoms in total. The average molecular weight is 239 g/mol. The number of rotatable bonds is 7. The Morgan fingerprint density at radius 1 is 1.65 bits per heavy atom. The fraction of sp³-hybridized carbons (Fsp3) is 0.667. The van der Waals surface area contributed by atoms with Gasteiger partial charge in [-0.05, 0) is 13.8 Å². The number of hydrogen-bond acceptors (Lipinski definition) is 4. The van der Waals surface area contributed by atoms with E-state index in [-0.39, 0.29) is 12.0 Å². The number of nitrogens with one attached hydrogen (secondary N) is 1. The molecule has 0 saturated carbocycles. The first-order valence-electron chi connectivity index (χ1n) is 5.98. The van der Waals surface area contributed by atoms with Gasteiger partial charge in [0.25, 0.3) is 0 Å². The van der Waals surface area contributed by atoms with Crippen LogP contribution in [0, 0.1) is 0 Å². The van der Waals surface area contributed by atoms with Crippen LogP contribution in [-0.4, -0.2) is 34.7 Å². The highest BCUT2D eigenvalue weighted by Crippen LogP contribution is 1.97. The number of hydrogen-bond donors (Lipinski definition) is 1. The highest BCUT2D eigenvalue weighted by molar-refractivity contribution is 5.69. The molecule has 1 heterocycles. The van der Waals surface area contributed by atoms with Crippen molar-refractivity contribution in [1.82, 2.24) is 14.9 Å². The van der Waals surface area contributed by atoms with Crippen LogP contribution in [0.3, 0.4) is 0 Å². The molecule has 0 fully saturated rings. The van der Waals surface area contributed by atoms with Gasteiger partial charge in [0.1, 0.15) is 5.82 Å². The van der Waals surface area contributed by atoms with E-state index in [1.165, 1.54) is 0 Å². The van der Waals surface area contributed by atoms with Crippen molar-refractivity contribution in [3.63, 3.8) is 0 Å². The number of imidazole rings is 1. The summed E-state index contributed by atoms with van der Waals surface area (Å²) in [6.07, 6.45) is 4.99. The van der Waals surface area contributed by atoms with Crippen LogP contribution in [-0.2, 0) is 23.0 Å². The maximum absolute atomic E-state index is 11.2. The molecule has 1 aromatic rings. The lowest BCUT2D eigenvalue weighted by atomic mass is 10.2. The summed E-state index contributed by atoms with van der Waals surface area (Å²) in [5.74, 6) is 0.894. The second-order valence-electron chi connectivity index (χ2n) is 4.07. The molecule has 0 aromatic carbocycles. The van der Waals surface area contributed by atoms with E-state index < -0.39 is 0 Å². The number of aromatic nitrogens is 2. The molecular weight excluding hydrogens is 218 g/mol. The largest absolute Gasteiger partial charge is 0.466 e. The van der Waals surface area contributed by atoms with Gasteiger partial charge in [0.05, 0.1) is 13.0 Å². The molecule has 0 bridgehead atoms. The van der Waals surface area contributed by atoms with Gasteiger partial charge in [-0.1, -0.05) is 0 Å².